The number of ether oxygens (including phenoxy) is 1. The van der Waals surface area contributed by atoms with Crippen molar-refractivity contribution in [2.45, 2.75) is 6.42 Å². The minimum absolute atomic E-state index is 0.00891. The number of rotatable bonds is 7. The maximum absolute atomic E-state index is 12.0. The van der Waals surface area contributed by atoms with Crippen molar-refractivity contribution in [3.8, 4) is 17.2 Å². The van der Waals surface area contributed by atoms with Gasteiger partial charge in [-0.25, -0.2) is 5.43 Å². The number of amides is 1. The van der Waals surface area contributed by atoms with E-state index in [-0.39, 0.29) is 17.9 Å². The van der Waals surface area contributed by atoms with E-state index in [1.807, 2.05) is 0 Å². The lowest BCUT2D eigenvalue weighted by Gasteiger charge is -2.06. The fourth-order valence-corrected chi connectivity index (χ4v) is 2.54. The predicted octanol–water partition coefficient (Wildman–Crippen LogP) is 1.43. The number of carbonyl (C=O) groups excluding carboxylic acids is 1. The molecule has 0 aromatic heterocycles. The number of nitrogens with one attached hydrogen (secondary N) is 1. The Morgan fingerprint density at radius 2 is 2.04 bits per heavy atom. The summed E-state index contributed by atoms with van der Waals surface area (Å²) < 4.78 is 32.2. The number of hydrogen-bond acceptors (Lipinski definition) is 7. The van der Waals surface area contributed by atoms with Crippen molar-refractivity contribution in [1.29, 1.82) is 0 Å². The lowest BCUT2D eigenvalue weighted by molar-refractivity contribution is -0.120. The molecule has 0 unspecified atom stereocenters. The Hall–Kier alpha value is -3.07. The summed E-state index contributed by atoms with van der Waals surface area (Å²) in [5, 5.41) is 13.2. The van der Waals surface area contributed by atoms with E-state index in [1.165, 1.54) is 37.6 Å². The third-order valence-corrected chi connectivity index (χ3v) is 3.62. The zero-order valence-corrected chi connectivity index (χ0v) is 15.0. The zero-order valence-electron chi connectivity index (χ0n) is 14.2. The number of hydrogen-bond donors (Lipinski definition) is 2. The molecule has 0 atom stereocenters. The molecule has 1 amide bonds. The second-order valence-corrected chi connectivity index (χ2v) is 6.91. The van der Waals surface area contributed by atoms with Gasteiger partial charge in [0.2, 0.25) is 5.91 Å². The number of benzene rings is 2. The highest BCUT2D eigenvalue weighted by atomic mass is 32.2. The highest BCUT2D eigenvalue weighted by molar-refractivity contribution is 7.86. The van der Waals surface area contributed by atoms with Gasteiger partial charge in [-0.1, -0.05) is 12.1 Å². The van der Waals surface area contributed by atoms with E-state index in [2.05, 4.69) is 10.5 Å². The van der Waals surface area contributed by atoms with Gasteiger partial charge in [0.05, 0.1) is 26.0 Å². The van der Waals surface area contributed by atoms with Crippen LogP contribution < -0.4 is 14.3 Å². The molecule has 0 aliphatic heterocycles. The topological polar surface area (TPSA) is 114 Å². The van der Waals surface area contributed by atoms with Crippen molar-refractivity contribution < 1.29 is 27.2 Å². The predicted molar refractivity (Wildman–Crippen MR) is 96.0 cm³/mol. The van der Waals surface area contributed by atoms with Crippen LogP contribution in [0.1, 0.15) is 11.1 Å². The second-order valence-electron chi connectivity index (χ2n) is 5.33. The summed E-state index contributed by atoms with van der Waals surface area (Å²) in [7, 11) is -2.18. The minimum atomic E-state index is -3.63. The Labute approximate surface area is 151 Å². The summed E-state index contributed by atoms with van der Waals surface area (Å²) in [5.41, 5.74) is 3.52. The van der Waals surface area contributed by atoms with E-state index in [0.29, 0.717) is 16.9 Å². The quantitative estimate of drug-likeness (QED) is 0.428. The normalized spacial score (nSPS) is 11.3. The highest BCUT2D eigenvalue weighted by Gasteiger charge is 2.08. The highest BCUT2D eigenvalue weighted by Crippen LogP contribution is 2.22. The molecule has 0 fully saturated rings. The minimum Gasteiger partial charge on any atom is -0.508 e. The maximum atomic E-state index is 12.0. The average Bonchev–Trinajstić information content (AvgIpc) is 2.54. The van der Waals surface area contributed by atoms with Gasteiger partial charge in [-0.2, -0.15) is 13.5 Å². The van der Waals surface area contributed by atoms with Crippen LogP contribution in [-0.4, -0.2) is 39.0 Å². The Kier molecular flexibility index (Phi) is 6.18. The summed E-state index contributed by atoms with van der Waals surface area (Å²) in [6.07, 6.45) is 2.32. The summed E-state index contributed by atoms with van der Waals surface area (Å²) in [6, 6.07) is 10.7. The fraction of sp³-hybridized carbons (Fsp3) is 0.176. The number of phenols is 1. The average molecular weight is 378 g/mol. The molecule has 9 heteroatoms. The van der Waals surface area contributed by atoms with Crippen LogP contribution in [0.2, 0.25) is 0 Å². The van der Waals surface area contributed by atoms with Gasteiger partial charge in [-0.05, 0) is 29.8 Å². The summed E-state index contributed by atoms with van der Waals surface area (Å²) >= 11 is 0. The largest absolute Gasteiger partial charge is 0.508 e. The van der Waals surface area contributed by atoms with Crippen LogP contribution in [0, 0.1) is 0 Å². The molecule has 2 aromatic carbocycles. The van der Waals surface area contributed by atoms with Crippen LogP contribution in [-0.2, 0) is 21.3 Å². The monoisotopic (exact) mass is 378 g/mol. The number of methoxy groups -OCH3 is 1. The number of phenolic OH excluding ortho intramolecular Hbond substituents is 1. The molecule has 0 aliphatic carbocycles. The Morgan fingerprint density at radius 3 is 2.73 bits per heavy atom. The van der Waals surface area contributed by atoms with Crippen LogP contribution in [0.15, 0.2) is 47.6 Å². The molecular weight excluding hydrogens is 360 g/mol. The molecule has 0 radical (unpaired) electrons. The van der Waals surface area contributed by atoms with Crippen molar-refractivity contribution in [3.05, 3.63) is 53.6 Å². The molecule has 2 aromatic rings. The molecule has 2 rings (SSSR count). The van der Waals surface area contributed by atoms with E-state index in [0.717, 1.165) is 6.26 Å². The van der Waals surface area contributed by atoms with Gasteiger partial charge in [-0.15, -0.1) is 0 Å². The van der Waals surface area contributed by atoms with Crippen LogP contribution in [0.3, 0.4) is 0 Å². The van der Waals surface area contributed by atoms with Crippen molar-refractivity contribution in [1.82, 2.24) is 5.43 Å². The Morgan fingerprint density at radius 1 is 1.27 bits per heavy atom. The fourth-order valence-electron chi connectivity index (χ4n) is 2.09. The van der Waals surface area contributed by atoms with E-state index >= 15 is 0 Å². The van der Waals surface area contributed by atoms with Crippen molar-refractivity contribution in [3.63, 3.8) is 0 Å². The summed E-state index contributed by atoms with van der Waals surface area (Å²) in [4.78, 5) is 12.0. The molecule has 8 nitrogen and oxygen atoms in total. The molecule has 0 saturated heterocycles. The summed E-state index contributed by atoms with van der Waals surface area (Å²) in [6.45, 7) is 0. The first-order valence-corrected chi connectivity index (χ1v) is 9.26. The van der Waals surface area contributed by atoms with Crippen LogP contribution in [0.25, 0.3) is 0 Å². The standard InChI is InChI=1S/C17H18N2O6S/c1-24-16-10-14(20)7-6-13(16)11-18-19-17(21)9-12-4-3-5-15(8-12)25-26(2,22)23/h3-8,10-11,20H,9H2,1-2H3,(H,19,21)/b18-11+. The second kappa shape index (κ2) is 8.34. The van der Waals surface area contributed by atoms with Gasteiger partial charge in [-0.3, -0.25) is 4.79 Å². The molecule has 2 N–H and O–H groups in total. The summed E-state index contributed by atoms with van der Waals surface area (Å²) in [5.74, 6) is 0.207. The third-order valence-electron chi connectivity index (χ3n) is 3.12. The number of aromatic hydroxyl groups is 1. The molecule has 0 spiro atoms. The molecule has 26 heavy (non-hydrogen) atoms. The van der Waals surface area contributed by atoms with Gasteiger partial charge in [0.1, 0.15) is 17.2 Å². The molecule has 138 valence electrons. The number of hydrazone groups is 1. The van der Waals surface area contributed by atoms with E-state index < -0.39 is 16.0 Å². The number of carbonyl (C=O) groups is 1. The Bertz CT molecular complexity index is 925. The van der Waals surface area contributed by atoms with Crippen molar-refractivity contribution in [2.24, 2.45) is 5.10 Å². The van der Waals surface area contributed by atoms with Gasteiger partial charge in [0, 0.05) is 11.6 Å². The van der Waals surface area contributed by atoms with Crippen molar-refractivity contribution in [2.75, 3.05) is 13.4 Å². The molecule has 0 saturated carbocycles. The third kappa shape index (κ3) is 6.10. The lowest BCUT2D eigenvalue weighted by Crippen LogP contribution is -2.19. The number of nitrogens with zero attached hydrogens (tertiary/aromatic N) is 1. The first-order chi connectivity index (χ1) is 12.3. The molecular formula is C17H18N2O6S. The molecule has 0 aliphatic rings. The van der Waals surface area contributed by atoms with E-state index in [9.17, 15) is 18.3 Å². The SMILES string of the molecule is COc1cc(O)ccc1/C=N/NC(=O)Cc1cccc(OS(C)(=O)=O)c1. The zero-order chi connectivity index (χ0) is 19.2. The van der Waals surface area contributed by atoms with Gasteiger partial charge in [0.25, 0.3) is 0 Å². The van der Waals surface area contributed by atoms with Gasteiger partial charge in [0.15, 0.2) is 0 Å². The van der Waals surface area contributed by atoms with Crippen LogP contribution in [0.5, 0.6) is 17.2 Å². The van der Waals surface area contributed by atoms with Crippen LogP contribution >= 0.6 is 0 Å². The molecule has 0 heterocycles. The lowest BCUT2D eigenvalue weighted by atomic mass is 10.1. The van der Waals surface area contributed by atoms with E-state index in [4.69, 9.17) is 8.92 Å². The van der Waals surface area contributed by atoms with Gasteiger partial charge >= 0.3 is 10.1 Å². The smallest absolute Gasteiger partial charge is 0.306 e. The van der Waals surface area contributed by atoms with Crippen molar-refractivity contribution >= 4 is 22.2 Å². The maximum Gasteiger partial charge on any atom is 0.306 e. The van der Waals surface area contributed by atoms with Gasteiger partial charge < -0.3 is 14.0 Å². The van der Waals surface area contributed by atoms with E-state index in [1.54, 1.807) is 18.2 Å². The Balaban J connectivity index is 1.98. The first-order valence-electron chi connectivity index (χ1n) is 7.44. The first kappa shape index (κ1) is 19.3. The molecule has 0 bridgehead atoms. The van der Waals surface area contributed by atoms with Crippen LogP contribution in [0.4, 0.5) is 0 Å².